The molecule has 0 unspecified atom stereocenters. The number of fused-ring (bicyclic) bond motifs is 2. The lowest BCUT2D eigenvalue weighted by atomic mass is 9.84. The van der Waals surface area contributed by atoms with Gasteiger partial charge in [0, 0.05) is 0 Å². The summed E-state index contributed by atoms with van der Waals surface area (Å²) < 4.78 is 0. The quantitative estimate of drug-likeness (QED) is 0.486. The SMILES string of the molecule is CC=CC12CCC(CC1)C2. The monoisotopic (exact) mass is 136 g/mol. The van der Waals surface area contributed by atoms with Crippen molar-refractivity contribution in [2.24, 2.45) is 11.3 Å². The van der Waals surface area contributed by atoms with E-state index in [4.69, 9.17) is 0 Å². The second-order valence-corrected chi connectivity index (χ2v) is 4.01. The number of hydrogen-bond donors (Lipinski definition) is 0. The summed E-state index contributed by atoms with van der Waals surface area (Å²) in [6.07, 6.45) is 12.2. The van der Waals surface area contributed by atoms with Gasteiger partial charge in [-0.1, -0.05) is 12.2 Å². The molecule has 0 nitrogen and oxygen atoms in total. The lowest BCUT2D eigenvalue weighted by molar-refractivity contribution is 0.383. The van der Waals surface area contributed by atoms with Gasteiger partial charge >= 0.3 is 0 Å². The predicted molar refractivity (Wildman–Crippen MR) is 43.8 cm³/mol. The molecule has 0 radical (unpaired) electrons. The molecule has 2 bridgehead atoms. The molecule has 2 aliphatic carbocycles. The molecule has 56 valence electrons. The van der Waals surface area contributed by atoms with Gasteiger partial charge in [0.2, 0.25) is 0 Å². The van der Waals surface area contributed by atoms with Gasteiger partial charge in [0.25, 0.3) is 0 Å². The first kappa shape index (κ1) is 6.45. The molecular formula is C10H16. The van der Waals surface area contributed by atoms with Gasteiger partial charge in [0.15, 0.2) is 0 Å². The van der Waals surface area contributed by atoms with E-state index in [2.05, 4.69) is 19.1 Å². The van der Waals surface area contributed by atoms with Gasteiger partial charge < -0.3 is 0 Å². The maximum absolute atomic E-state index is 2.46. The van der Waals surface area contributed by atoms with Crippen LogP contribution in [0.25, 0.3) is 0 Å². The highest BCUT2D eigenvalue weighted by Gasteiger charge is 2.42. The summed E-state index contributed by atoms with van der Waals surface area (Å²) >= 11 is 0. The second kappa shape index (κ2) is 2.11. The Kier molecular flexibility index (Phi) is 1.36. The van der Waals surface area contributed by atoms with Crippen LogP contribution < -0.4 is 0 Å². The number of rotatable bonds is 1. The molecule has 2 aliphatic rings. The molecule has 2 saturated carbocycles. The van der Waals surface area contributed by atoms with Crippen LogP contribution >= 0.6 is 0 Å². The van der Waals surface area contributed by atoms with Gasteiger partial charge in [-0.25, -0.2) is 0 Å². The number of hydrogen-bond acceptors (Lipinski definition) is 0. The summed E-state index contributed by atoms with van der Waals surface area (Å²) in [6, 6.07) is 0. The first-order valence-electron chi connectivity index (χ1n) is 4.48. The third-order valence-electron chi connectivity index (χ3n) is 3.32. The van der Waals surface area contributed by atoms with Crippen molar-refractivity contribution < 1.29 is 0 Å². The van der Waals surface area contributed by atoms with Crippen molar-refractivity contribution in [2.45, 2.75) is 39.0 Å². The van der Waals surface area contributed by atoms with Crippen molar-refractivity contribution in [3.8, 4) is 0 Å². The average molecular weight is 136 g/mol. The van der Waals surface area contributed by atoms with E-state index >= 15 is 0 Å². The van der Waals surface area contributed by atoms with Gasteiger partial charge in [-0.05, 0) is 50.4 Å². The summed E-state index contributed by atoms with van der Waals surface area (Å²) in [5, 5.41) is 0. The predicted octanol–water partition coefficient (Wildman–Crippen LogP) is 3.14. The molecule has 0 aromatic rings. The molecule has 0 aromatic carbocycles. The van der Waals surface area contributed by atoms with Gasteiger partial charge in [0.05, 0.1) is 0 Å². The maximum atomic E-state index is 2.46. The summed E-state index contributed by atoms with van der Waals surface area (Å²) in [4.78, 5) is 0. The highest BCUT2D eigenvalue weighted by atomic mass is 14.5. The Hall–Kier alpha value is -0.260. The van der Waals surface area contributed by atoms with E-state index in [1.807, 2.05) is 0 Å². The van der Waals surface area contributed by atoms with Crippen LogP contribution in [0.15, 0.2) is 12.2 Å². The molecule has 0 spiro atoms. The van der Waals surface area contributed by atoms with E-state index < -0.39 is 0 Å². The molecule has 0 heterocycles. The van der Waals surface area contributed by atoms with Crippen LogP contribution in [0.2, 0.25) is 0 Å². The Morgan fingerprint density at radius 3 is 2.40 bits per heavy atom. The molecule has 0 amide bonds. The van der Waals surface area contributed by atoms with Crippen LogP contribution in [0.4, 0.5) is 0 Å². The van der Waals surface area contributed by atoms with Crippen molar-refractivity contribution >= 4 is 0 Å². The van der Waals surface area contributed by atoms with Gasteiger partial charge in [-0.2, -0.15) is 0 Å². The first-order chi connectivity index (χ1) is 4.85. The molecule has 10 heavy (non-hydrogen) atoms. The van der Waals surface area contributed by atoms with Crippen molar-refractivity contribution in [1.82, 2.24) is 0 Å². The smallest absolute Gasteiger partial charge is 0.0115 e. The normalized spacial score (nSPS) is 45.5. The van der Waals surface area contributed by atoms with Crippen molar-refractivity contribution in [2.75, 3.05) is 0 Å². The molecule has 0 atom stereocenters. The van der Waals surface area contributed by atoms with E-state index in [0.717, 1.165) is 5.92 Å². The van der Waals surface area contributed by atoms with Gasteiger partial charge in [-0.15, -0.1) is 0 Å². The van der Waals surface area contributed by atoms with E-state index in [-0.39, 0.29) is 0 Å². The largest absolute Gasteiger partial charge is 0.0911 e. The molecule has 2 rings (SSSR count). The van der Waals surface area contributed by atoms with Crippen LogP contribution in [0, 0.1) is 11.3 Å². The first-order valence-corrected chi connectivity index (χ1v) is 4.48. The fraction of sp³-hybridized carbons (Fsp3) is 0.800. The standard InChI is InChI=1S/C10H16/c1-2-5-10-6-3-9(8-10)4-7-10/h2,5,9H,3-4,6-8H2,1H3. The summed E-state index contributed by atoms with van der Waals surface area (Å²) in [7, 11) is 0. The Morgan fingerprint density at radius 1 is 1.30 bits per heavy atom. The fourth-order valence-corrected chi connectivity index (χ4v) is 2.82. The van der Waals surface area contributed by atoms with Crippen LogP contribution in [0.5, 0.6) is 0 Å². The minimum absolute atomic E-state index is 0.680. The lowest BCUT2D eigenvalue weighted by Crippen LogP contribution is -2.08. The van der Waals surface area contributed by atoms with Crippen LogP contribution in [0.1, 0.15) is 39.0 Å². The molecule has 0 N–H and O–H groups in total. The minimum Gasteiger partial charge on any atom is -0.0911 e. The summed E-state index contributed by atoms with van der Waals surface area (Å²) in [5.74, 6) is 1.09. The van der Waals surface area contributed by atoms with E-state index in [0.29, 0.717) is 5.41 Å². The van der Waals surface area contributed by atoms with Gasteiger partial charge in [0.1, 0.15) is 0 Å². The fourth-order valence-electron chi connectivity index (χ4n) is 2.82. The Labute approximate surface area is 63.3 Å². The zero-order valence-electron chi connectivity index (χ0n) is 6.77. The minimum atomic E-state index is 0.680. The topological polar surface area (TPSA) is 0 Å². The van der Waals surface area contributed by atoms with Gasteiger partial charge in [-0.3, -0.25) is 0 Å². The third kappa shape index (κ3) is 0.817. The zero-order chi connectivity index (χ0) is 7.03. The number of allylic oxidation sites excluding steroid dienone is 2. The zero-order valence-corrected chi connectivity index (χ0v) is 6.77. The second-order valence-electron chi connectivity index (χ2n) is 4.01. The summed E-state index contributed by atoms with van der Waals surface area (Å²) in [5.41, 5.74) is 0.680. The Bertz CT molecular complexity index is 147. The summed E-state index contributed by atoms with van der Waals surface area (Å²) in [6.45, 7) is 2.15. The molecule has 0 aromatic heterocycles. The third-order valence-corrected chi connectivity index (χ3v) is 3.32. The molecule has 0 aliphatic heterocycles. The van der Waals surface area contributed by atoms with Crippen molar-refractivity contribution in [3.63, 3.8) is 0 Å². The van der Waals surface area contributed by atoms with Crippen LogP contribution in [-0.4, -0.2) is 0 Å². The van der Waals surface area contributed by atoms with E-state index in [9.17, 15) is 0 Å². The highest BCUT2D eigenvalue weighted by Crippen LogP contribution is 2.54. The van der Waals surface area contributed by atoms with Crippen molar-refractivity contribution in [3.05, 3.63) is 12.2 Å². The van der Waals surface area contributed by atoms with E-state index in [1.54, 1.807) is 0 Å². The molecule has 2 fully saturated rings. The van der Waals surface area contributed by atoms with E-state index in [1.165, 1.54) is 32.1 Å². The molecule has 0 heteroatoms. The van der Waals surface area contributed by atoms with Crippen molar-refractivity contribution in [1.29, 1.82) is 0 Å². The Morgan fingerprint density at radius 2 is 2.00 bits per heavy atom. The highest BCUT2D eigenvalue weighted by molar-refractivity contribution is 5.07. The Balaban J connectivity index is 2.15. The average Bonchev–Trinajstić information content (AvgIpc) is 2.46. The lowest BCUT2D eigenvalue weighted by Gasteiger charge is -2.21. The van der Waals surface area contributed by atoms with Crippen LogP contribution in [-0.2, 0) is 0 Å². The molecular weight excluding hydrogens is 120 g/mol. The molecule has 0 saturated heterocycles. The maximum Gasteiger partial charge on any atom is -0.0115 e. The van der Waals surface area contributed by atoms with Crippen LogP contribution in [0.3, 0.4) is 0 Å².